The lowest BCUT2D eigenvalue weighted by atomic mass is 9.99. The molecule has 7 nitrogen and oxygen atoms in total. The number of benzene rings is 1. The van der Waals surface area contributed by atoms with Crippen LogP contribution in [0.2, 0.25) is 0 Å². The van der Waals surface area contributed by atoms with E-state index in [4.69, 9.17) is 4.74 Å². The van der Waals surface area contributed by atoms with Crippen LogP contribution in [0.25, 0.3) is 0 Å². The van der Waals surface area contributed by atoms with E-state index >= 15 is 0 Å². The molecule has 2 atom stereocenters. The van der Waals surface area contributed by atoms with Crippen LogP contribution in [-0.2, 0) is 41.9 Å². The van der Waals surface area contributed by atoms with Gasteiger partial charge >= 0.3 is 6.03 Å². The minimum absolute atomic E-state index is 0.343. The highest BCUT2D eigenvalue weighted by Crippen LogP contribution is 2.38. The standard InChI is InChI=1S/C22H28N4O3S/c1-3-14-12-26-21(29-13-14)19(11-23-26)30(2,28)25-22(27)24-20-17-8-4-6-15(17)10-16-7-5-9-18(16)20/h10-11,14H,2-9,12-13H2,1H3,(H2,24,25,27,28)/t14-,30?/m0/s1. The molecule has 2 amide bonds. The lowest BCUT2D eigenvalue weighted by Gasteiger charge is -2.24. The van der Waals surface area contributed by atoms with E-state index in [1.54, 1.807) is 4.68 Å². The van der Waals surface area contributed by atoms with Crippen molar-refractivity contribution in [3.05, 3.63) is 34.5 Å². The van der Waals surface area contributed by atoms with Gasteiger partial charge in [0.1, 0.15) is 4.90 Å². The summed E-state index contributed by atoms with van der Waals surface area (Å²) in [5.74, 6) is 4.63. The van der Waals surface area contributed by atoms with Crippen molar-refractivity contribution in [1.82, 2.24) is 14.5 Å². The Bertz CT molecular complexity index is 1090. The molecule has 30 heavy (non-hydrogen) atoms. The Balaban J connectivity index is 1.38. The number of fused-ring (bicyclic) bond motifs is 3. The van der Waals surface area contributed by atoms with Crippen molar-refractivity contribution >= 4 is 27.3 Å². The first-order valence-corrected chi connectivity index (χ1v) is 12.5. The number of amides is 2. The third-order valence-electron chi connectivity index (χ3n) is 6.55. The number of carbonyl (C=O) groups excluding carboxylic acids is 1. The molecule has 5 rings (SSSR count). The van der Waals surface area contributed by atoms with Crippen LogP contribution in [0.3, 0.4) is 0 Å². The Morgan fingerprint density at radius 2 is 1.97 bits per heavy atom. The molecular weight excluding hydrogens is 400 g/mol. The van der Waals surface area contributed by atoms with Crippen LogP contribution in [0.4, 0.5) is 10.5 Å². The lowest BCUT2D eigenvalue weighted by molar-refractivity contribution is 0.157. The summed E-state index contributed by atoms with van der Waals surface area (Å²) < 4.78 is 23.5. The molecule has 0 radical (unpaired) electrons. The normalized spacial score (nSPS) is 21.2. The van der Waals surface area contributed by atoms with Gasteiger partial charge in [0.2, 0.25) is 5.88 Å². The molecule has 1 unspecified atom stereocenters. The van der Waals surface area contributed by atoms with Gasteiger partial charge in [-0.15, -0.1) is 0 Å². The van der Waals surface area contributed by atoms with Crippen molar-refractivity contribution in [2.75, 3.05) is 11.9 Å². The van der Waals surface area contributed by atoms with Gasteiger partial charge in [-0.25, -0.2) is 13.7 Å². The maximum atomic E-state index is 13.3. The Kier molecular flexibility index (Phi) is 4.76. The third kappa shape index (κ3) is 3.27. The molecule has 0 fully saturated rings. The molecule has 1 aromatic heterocycles. The minimum Gasteiger partial charge on any atom is -0.477 e. The van der Waals surface area contributed by atoms with E-state index in [1.807, 2.05) is 0 Å². The summed E-state index contributed by atoms with van der Waals surface area (Å²) >= 11 is 0. The van der Waals surface area contributed by atoms with Crippen LogP contribution in [0.15, 0.2) is 17.2 Å². The van der Waals surface area contributed by atoms with E-state index in [0.29, 0.717) is 23.3 Å². The van der Waals surface area contributed by atoms with Gasteiger partial charge in [-0.1, -0.05) is 13.0 Å². The Hall–Kier alpha value is -2.48. The first-order chi connectivity index (χ1) is 14.5. The van der Waals surface area contributed by atoms with Crippen LogP contribution in [0.5, 0.6) is 5.88 Å². The fraction of sp³-hybridized carbons (Fsp3) is 0.500. The van der Waals surface area contributed by atoms with E-state index < -0.39 is 15.7 Å². The molecule has 0 spiro atoms. The van der Waals surface area contributed by atoms with Crippen molar-refractivity contribution in [2.45, 2.75) is 63.3 Å². The van der Waals surface area contributed by atoms with E-state index in [0.717, 1.165) is 57.2 Å². The lowest BCUT2D eigenvalue weighted by Crippen LogP contribution is -2.35. The molecule has 1 aromatic carbocycles. The fourth-order valence-electron chi connectivity index (χ4n) is 4.91. The maximum absolute atomic E-state index is 13.3. The predicted octanol–water partition coefficient (Wildman–Crippen LogP) is 3.09. The third-order valence-corrected chi connectivity index (χ3v) is 8.05. The second kappa shape index (κ2) is 7.34. The van der Waals surface area contributed by atoms with Gasteiger partial charge in [0.25, 0.3) is 0 Å². The SMILES string of the molecule is C=S(=O)(NC(=O)Nc1c2c(cc3c1CCC3)CCC2)c1cnn2c1OC[C@@H](CC)C2. The molecule has 2 heterocycles. The fourth-order valence-corrected chi connectivity index (χ4v) is 6.04. The van der Waals surface area contributed by atoms with Gasteiger partial charge in [-0.2, -0.15) is 5.10 Å². The number of nitrogens with zero attached hydrogens (tertiary/aromatic N) is 2. The Morgan fingerprint density at radius 3 is 2.63 bits per heavy atom. The number of carbonyl (C=O) groups is 1. The number of aromatic nitrogens is 2. The quantitative estimate of drug-likeness (QED) is 0.733. The molecule has 0 bridgehead atoms. The van der Waals surface area contributed by atoms with Gasteiger partial charge in [-0.3, -0.25) is 4.72 Å². The molecule has 8 heteroatoms. The summed E-state index contributed by atoms with van der Waals surface area (Å²) in [7, 11) is -3.10. The van der Waals surface area contributed by atoms with Crippen molar-refractivity contribution in [2.24, 2.45) is 5.92 Å². The number of aryl methyl sites for hydroxylation is 2. The summed E-state index contributed by atoms with van der Waals surface area (Å²) in [6.45, 7) is 3.38. The van der Waals surface area contributed by atoms with Gasteiger partial charge in [0.15, 0.2) is 0 Å². The van der Waals surface area contributed by atoms with E-state index in [-0.39, 0.29) is 0 Å². The topological polar surface area (TPSA) is 85.3 Å². The number of hydrogen-bond donors (Lipinski definition) is 2. The molecule has 2 aliphatic carbocycles. The van der Waals surface area contributed by atoms with Crippen LogP contribution in [0, 0.1) is 5.92 Å². The largest absolute Gasteiger partial charge is 0.477 e. The molecular formula is C22H28N4O3S. The van der Waals surface area contributed by atoms with Crippen LogP contribution >= 0.6 is 0 Å². The molecule has 2 N–H and O–H groups in total. The van der Waals surface area contributed by atoms with Gasteiger partial charge in [-0.05, 0) is 73.1 Å². The second-order valence-electron chi connectivity index (χ2n) is 8.55. The molecule has 3 aliphatic rings. The number of anilines is 1. The Morgan fingerprint density at radius 1 is 1.27 bits per heavy atom. The molecule has 1 aliphatic heterocycles. The number of nitrogens with one attached hydrogen (secondary N) is 2. The molecule has 0 saturated carbocycles. The van der Waals surface area contributed by atoms with E-state index in [1.165, 1.54) is 28.5 Å². The predicted molar refractivity (Wildman–Crippen MR) is 118 cm³/mol. The minimum atomic E-state index is -3.10. The van der Waals surface area contributed by atoms with Crippen LogP contribution in [0.1, 0.15) is 48.4 Å². The van der Waals surface area contributed by atoms with Gasteiger partial charge in [0, 0.05) is 11.6 Å². The zero-order valence-corrected chi connectivity index (χ0v) is 18.1. The average molecular weight is 429 g/mol. The average Bonchev–Trinajstić information content (AvgIpc) is 3.45. The highest BCUT2D eigenvalue weighted by atomic mass is 32.2. The highest BCUT2D eigenvalue weighted by molar-refractivity contribution is 7.99. The number of ether oxygens (including phenoxy) is 1. The number of hydrogen-bond acceptors (Lipinski definition) is 4. The maximum Gasteiger partial charge on any atom is 0.330 e. The second-order valence-corrected chi connectivity index (χ2v) is 10.5. The molecule has 160 valence electrons. The smallest absolute Gasteiger partial charge is 0.330 e. The van der Waals surface area contributed by atoms with Gasteiger partial charge < -0.3 is 10.1 Å². The zero-order chi connectivity index (χ0) is 20.9. The molecule has 0 saturated heterocycles. The monoisotopic (exact) mass is 428 g/mol. The summed E-state index contributed by atoms with van der Waals surface area (Å²) in [6.07, 6.45) is 8.77. The van der Waals surface area contributed by atoms with Crippen LogP contribution in [-0.4, -0.2) is 32.5 Å². The first-order valence-electron chi connectivity index (χ1n) is 10.8. The Labute approximate surface area is 177 Å². The van der Waals surface area contributed by atoms with Gasteiger partial charge in [0.05, 0.1) is 29.1 Å². The zero-order valence-electron chi connectivity index (χ0n) is 17.3. The first kappa shape index (κ1) is 19.5. The van der Waals surface area contributed by atoms with Crippen LogP contribution < -0.4 is 14.8 Å². The summed E-state index contributed by atoms with van der Waals surface area (Å²) in [5, 5.41) is 7.33. The highest BCUT2D eigenvalue weighted by Gasteiger charge is 2.29. The van der Waals surface area contributed by atoms with Crippen molar-refractivity contribution < 1.29 is 13.7 Å². The van der Waals surface area contributed by atoms with E-state index in [9.17, 15) is 9.00 Å². The number of urea groups is 1. The van der Waals surface area contributed by atoms with Crippen molar-refractivity contribution in [3.63, 3.8) is 0 Å². The summed E-state index contributed by atoms with van der Waals surface area (Å²) in [6, 6.07) is 1.82. The van der Waals surface area contributed by atoms with Crippen molar-refractivity contribution in [3.8, 4) is 5.88 Å². The summed E-state index contributed by atoms with van der Waals surface area (Å²) in [4.78, 5) is 13.2. The number of rotatable bonds is 4. The summed E-state index contributed by atoms with van der Waals surface area (Å²) in [5.41, 5.74) is 6.07. The van der Waals surface area contributed by atoms with Crippen molar-refractivity contribution in [1.29, 1.82) is 0 Å². The van der Waals surface area contributed by atoms with E-state index in [2.05, 4.69) is 34.0 Å². The molecule has 2 aromatic rings.